The van der Waals surface area contributed by atoms with Crippen molar-refractivity contribution < 1.29 is 14.3 Å². The second kappa shape index (κ2) is 6.68. The summed E-state index contributed by atoms with van der Waals surface area (Å²) < 4.78 is 10.4. The van der Waals surface area contributed by atoms with E-state index in [-0.39, 0.29) is 11.9 Å². The molecular formula is C13H18N2O3S. The number of hydrogen-bond acceptors (Lipinski definition) is 5. The van der Waals surface area contributed by atoms with Gasteiger partial charge in [-0.2, -0.15) is 0 Å². The first kappa shape index (κ1) is 14.0. The van der Waals surface area contributed by atoms with E-state index in [1.54, 1.807) is 26.0 Å². The second-order valence-corrected chi connectivity index (χ2v) is 5.21. The molecule has 0 aliphatic carbocycles. The van der Waals surface area contributed by atoms with Gasteiger partial charge in [0.05, 0.1) is 20.3 Å². The van der Waals surface area contributed by atoms with Crippen LogP contribution in [0.3, 0.4) is 0 Å². The first-order valence-corrected chi connectivity index (χ1v) is 7.20. The van der Waals surface area contributed by atoms with Crippen molar-refractivity contribution in [3.8, 4) is 11.5 Å². The normalized spacial score (nSPS) is 18.1. The van der Waals surface area contributed by atoms with E-state index in [1.165, 1.54) is 0 Å². The highest BCUT2D eigenvalue weighted by Crippen LogP contribution is 2.27. The molecule has 2 rings (SSSR count). The standard InChI is InChI=1S/C13H18N2O3S/c1-17-11-4-3-9(5-12(11)18-2)6-14-13(16)10-7-19-8-15-10/h3-5,10,15H,6-8H2,1-2H3,(H,14,16). The quantitative estimate of drug-likeness (QED) is 0.843. The van der Waals surface area contributed by atoms with Crippen molar-refractivity contribution in [1.29, 1.82) is 0 Å². The van der Waals surface area contributed by atoms with Crippen LogP contribution in [0, 0.1) is 0 Å². The van der Waals surface area contributed by atoms with Crippen molar-refractivity contribution in [3.05, 3.63) is 23.8 Å². The van der Waals surface area contributed by atoms with Crippen LogP contribution in [0.4, 0.5) is 0 Å². The van der Waals surface area contributed by atoms with E-state index in [9.17, 15) is 4.79 Å². The minimum atomic E-state index is -0.0786. The van der Waals surface area contributed by atoms with Crippen LogP contribution < -0.4 is 20.1 Å². The SMILES string of the molecule is COc1ccc(CNC(=O)C2CSCN2)cc1OC. The summed E-state index contributed by atoms with van der Waals surface area (Å²) in [6, 6.07) is 5.54. The number of carbonyl (C=O) groups excluding carboxylic acids is 1. The summed E-state index contributed by atoms with van der Waals surface area (Å²) >= 11 is 1.73. The molecular weight excluding hydrogens is 264 g/mol. The van der Waals surface area contributed by atoms with Crippen LogP contribution in [0.5, 0.6) is 11.5 Å². The Bertz CT molecular complexity index is 448. The van der Waals surface area contributed by atoms with E-state index in [1.807, 2.05) is 18.2 Å². The molecule has 1 saturated heterocycles. The Morgan fingerprint density at radius 2 is 2.21 bits per heavy atom. The molecule has 0 aromatic heterocycles. The topological polar surface area (TPSA) is 59.6 Å². The lowest BCUT2D eigenvalue weighted by molar-refractivity contribution is -0.122. The molecule has 2 N–H and O–H groups in total. The van der Waals surface area contributed by atoms with Gasteiger partial charge in [-0.15, -0.1) is 11.8 Å². The number of thioether (sulfide) groups is 1. The zero-order chi connectivity index (χ0) is 13.7. The summed E-state index contributed by atoms with van der Waals surface area (Å²) in [5.41, 5.74) is 0.983. The van der Waals surface area contributed by atoms with Gasteiger partial charge in [0.25, 0.3) is 0 Å². The Balaban J connectivity index is 1.93. The Morgan fingerprint density at radius 3 is 2.84 bits per heavy atom. The van der Waals surface area contributed by atoms with Crippen LogP contribution >= 0.6 is 11.8 Å². The maximum Gasteiger partial charge on any atom is 0.238 e. The number of methoxy groups -OCH3 is 2. The van der Waals surface area contributed by atoms with Gasteiger partial charge in [-0.3, -0.25) is 10.1 Å². The highest BCUT2D eigenvalue weighted by atomic mass is 32.2. The minimum Gasteiger partial charge on any atom is -0.493 e. The van der Waals surface area contributed by atoms with E-state index in [4.69, 9.17) is 9.47 Å². The third-order valence-electron chi connectivity index (χ3n) is 2.95. The number of benzene rings is 1. The second-order valence-electron chi connectivity index (χ2n) is 4.18. The molecule has 19 heavy (non-hydrogen) atoms. The maximum atomic E-state index is 11.9. The van der Waals surface area contributed by atoms with Gasteiger partial charge < -0.3 is 14.8 Å². The van der Waals surface area contributed by atoms with Crippen molar-refractivity contribution in [3.63, 3.8) is 0 Å². The molecule has 1 heterocycles. The minimum absolute atomic E-state index is 0.0415. The van der Waals surface area contributed by atoms with Gasteiger partial charge in [0.15, 0.2) is 11.5 Å². The lowest BCUT2D eigenvalue weighted by Gasteiger charge is -2.12. The van der Waals surface area contributed by atoms with Crippen LogP contribution in [0.15, 0.2) is 18.2 Å². The van der Waals surface area contributed by atoms with Gasteiger partial charge in [0, 0.05) is 18.2 Å². The summed E-state index contributed by atoms with van der Waals surface area (Å²) in [4.78, 5) is 11.9. The molecule has 1 fully saturated rings. The zero-order valence-corrected chi connectivity index (χ0v) is 11.9. The summed E-state index contributed by atoms with van der Waals surface area (Å²) in [7, 11) is 3.20. The summed E-state index contributed by atoms with van der Waals surface area (Å²) in [5, 5.41) is 6.06. The lowest BCUT2D eigenvalue weighted by Crippen LogP contribution is -2.41. The zero-order valence-electron chi connectivity index (χ0n) is 11.1. The van der Waals surface area contributed by atoms with E-state index in [0.29, 0.717) is 18.0 Å². The maximum absolute atomic E-state index is 11.9. The third kappa shape index (κ3) is 3.54. The number of ether oxygens (including phenoxy) is 2. The molecule has 1 aromatic carbocycles. The number of amides is 1. The molecule has 5 nitrogen and oxygen atoms in total. The number of nitrogens with one attached hydrogen (secondary N) is 2. The van der Waals surface area contributed by atoms with Gasteiger partial charge in [-0.25, -0.2) is 0 Å². The number of carbonyl (C=O) groups is 1. The summed E-state index contributed by atoms with van der Waals surface area (Å²) in [5.74, 6) is 3.07. The number of rotatable bonds is 5. The highest BCUT2D eigenvalue weighted by molar-refractivity contribution is 7.99. The largest absolute Gasteiger partial charge is 0.493 e. The van der Waals surface area contributed by atoms with E-state index in [0.717, 1.165) is 17.2 Å². The fraction of sp³-hybridized carbons (Fsp3) is 0.462. The predicted octanol–water partition coefficient (Wildman–Crippen LogP) is 0.982. The van der Waals surface area contributed by atoms with Crippen molar-refractivity contribution >= 4 is 17.7 Å². The Hall–Kier alpha value is -1.40. The van der Waals surface area contributed by atoms with Gasteiger partial charge in [0.2, 0.25) is 5.91 Å². The fourth-order valence-corrected chi connectivity index (χ4v) is 2.81. The average Bonchev–Trinajstić information content (AvgIpc) is 2.98. The highest BCUT2D eigenvalue weighted by Gasteiger charge is 2.21. The molecule has 1 aliphatic heterocycles. The molecule has 1 unspecified atom stereocenters. The molecule has 0 radical (unpaired) electrons. The monoisotopic (exact) mass is 282 g/mol. The Kier molecular flexibility index (Phi) is 4.93. The van der Waals surface area contributed by atoms with E-state index < -0.39 is 0 Å². The first-order chi connectivity index (χ1) is 9.24. The van der Waals surface area contributed by atoms with Crippen LogP contribution in [-0.2, 0) is 11.3 Å². The average molecular weight is 282 g/mol. The third-order valence-corrected chi connectivity index (χ3v) is 3.89. The van der Waals surface area contributed by atoms with Crippen LogP contribution in [-0.4, -0.2) is 37.8 Å². The van der Waals surface area contributed by atoms with Crippen molar-refractivity contribution in [2.45, 2.75) is 12.6 Å². The summed E-state index contributed by atoms with van der Waals surface area (Å²) in [6.45, 7) is 0.488. The molecule has 1 atom stereocenters. The van der Waals surface area contributed by atoms with E-state index >= 15 is 0 Å². The fourth-order valence-electron chi connectivity index (χ4n) is 1.87. The van der Waals surface area contributed by atoms with Gasteiger partial charge in [-0.05, 0) is 17.7 Å². The molecule has 6 heteroatoms. The molecule has 0 bridgehead atoms. The van der Waals surface area contributed by atoms with Crippen LogP contribution in [0.1, 0.15) is 5.56 Å². The Morgan fingerprint density at radius 1 is 1.42 bits per heavy atom. The molecule has 104 valence electrons. The molecule has 1 amide bonds. The van der Waals surface area contributed by atoms with Crippen molar-refractivity contribution in [2.24, 2.45) is 0 Å². The van der Waals surface area contributed by atoms with Gasteiger partial charge in [0.1, 0.15) is 0 Å². The first-order valence-electron chi connectivity index (χ1n) is 6.04. The van der Waals surface area contributed by atoms with Crippen molar-refractivity contribution in [1.82, 2.24) is 10.6 Å². The van der Waals surface area contributed by atoms with E-state index in [2.05, 4.69) is 10.6 Å². The molecule has 1 aromatic rings. The molecule has 1 aliphatic rings. The van der Waals surface area contributed by atoms with Gasteiger partial charge >= 0.3 is 0 Å². The van der Waals surface area contributed by atoms with Gasteiger partial charge in [-0.1, -0.05) is 6.07 Å². The van der Waals surface area contributed by atoms with Crippen LogP contribution in [0.2, 0.25) is 0 Å². The smallest absolute Gasteiger partial charge is 0.238 e. The summed E-state index contributed by atoms with van der Waals surface area (Å²) in [6.07, 6.45) is 0. The molecule has 0 saturated carbocycles. The van der Waals surface area contributed by atoms with Crippen LogP contribution in [0.25, 0.3) is 0 Å². The Labute approximate surface area is 117 Å². The molecule has 0 spiro atoms. The number of hydrogen-bond donors (Lipinski definition) is 2. The van der Waals surface area contributed by atoms with Crippen molar-refractivity contribution in [2.75, 3.05) is 25.8 Å². The lowest BCUT2D eigenvalue weighted by atomic mass is 10.2. The predicted molar refractivity (Wildman–Crippen MR) is 75.6 cm³/mol.